The summed E-state index contributed by atoms with van der Waals surface area (Å²) in [6.45, 7) is 2.06. The van der Waals surface area contributed by atoms with Crippen molar-refractivity contribution in [3.63, 3.8) is 0 Å². The summed E-state index contributed by atoms with van der Waals surface area (Å²) in [5.41, 5.74) is 2.08. The zero-order valence-corrected chi connectivity index (χ0v) is 16.4. The summed E-state index contributed by atoms with van der Waals surface area (Å²) in [7, 11) is 0. The van der Waals surface area contributed by atoms with Crippen molar-refractivity contribution in [2.45, 2.75) is 51.1 Å². The van der Waals surface area contributed by atoms with Crippen molar-refractivity contribution in [1.82, 2.24) is 9.97 Å². The lowest BCUT2D eigenvalue weighted by Gasteiger charge is -2.40. The molecule has 2 aliphatic rings. The molecule has 0 amide bonds. The van der Waals surface area contributed by atoms with Gasteiger partial charge in [-0.05, 0) is 37.7 Å². The molecule has 3 atom stereocenters. The standard InChI is InChI=1S/C22H25N3OS/c26-21-20-17(15-7-2-1-3-8-15)14-27-22(20)24-19(23-21)13-25-12-6-10-16-9-4-5-11-18(16)25/h1-3,7-8,14,16,18H,4-6,9-13H2,(H,23,24,26)/p+1/t16-,18+/m1/s1. The second kappa shape index (κ2) is 7.21. The lowest BCUT2D eigenvalue weighted by molar-refractivity contribution is -0.949. The third-order valence-electron chi connectivity index (χ3n) is 6.48. The van der Waals surface area contributed by atoms with Crippen molar-refractivity contribution in [3.05, 3.63) is 51.9 Å². The van der Waals surface area contributed by atoms with Crippen LogP contribution in [0.15, 0.2) is 40.5 Å². The largest absolute Gasteiger partial charge is 0.326 e. The normalized spacial score (nSPS) is 25.4. The van der Waals surface area contributed by atoms with Crippen molar-refractivity contribution in [2.75, 3.05) is 6.54 Å². The number of aromatic nitrogens is 2. The molecule has 0 spiro atoms. The first-order valence-corrected chi connectivity index (χ1v) is 11.1. The Hall–Kier alpha value is -1.98. The smallest absolute Gasteiger partial charge is 0.260 e. The van der Waals surface area contributed by atoms with Gasteiger partial charge in [-0.3, -0.25) is 4.79 Å². The van der Waals surface area contributed by atoms with E-state index in [1.54, 1.807) is 16.2 Å². The van der Waals surface area contributed by atoms with E-state index in [0.717, 1.165) is 45.7 Å². The molecule has 5 heteroatoms. The van der Waals surface area contributed by atoms with Gasteiger partial charge in [0.25, 0.3) is 5.56 Å². The molecule has 1 unspecified atom stereocenters. The number of likely N-dealkylation sites (tertiary alicyclic amines) is 1. The van der Waals surface area contributed by atoms with Gasteiger partial charge in [0.15, 0.2) is 5.82 Å². The number of piperidine rings is 1. The number of nitrogens with zero attached hydrogens (tertiary/aromatic N) is 1. The van der Waals surface area contributed by atoms with Crippen LogP contribution in [0, 0.1) is 5.92 Å². The third kappa shape index (κ3) is 3.23. The quantitative estimate of drug-likeness (QED) is 0.732. The van der Waals surface area contributed by atoms with Crippen molar-refractivity contribution < 1.29 is 4.90 Å². The molecule has 0 radical (unpaired) electrons. The van der Waals surface area contributed by atoms with Gasteiger partial charge < -0.3 is 9.88 Å². The van der Waals surface area contributed by atoms with E-state index < -0.39 is 0 Å². The first-order chi connectivity index (χ1) is 13.3. The summed E-state index contributed by atoms with van der Waals surface area (Å²) in [5.74, 6) is 1.74. The molecule has 1 aliphatic carbocycles. The van der Waals surface area contributed by atoms with Gasteiger partial charge in [-0.15, -0.1) is 11.3 Å². The molecule has 140 valence electrons. The Bertz CT molecular complexity index is 992. The van der Waals surface area contributed by atoms with E-state index >= 15 is 0 Å². The molecule has 1 aliphatic heterocycles. The fraction of sp³-hybridized carbons (Fsp3) is 0.455. The fourth-order valence-electron chi connectivity index (χ4n) is 5.21. The van der Waals surface area contributed by atoms with E-state index in [1.807, 2.05) is 18.2 Å². The molecule has 1 saturated carbocycles. The number of aromatic amines is 1. The summed E-state index contributed by atoms with van der Waals surface area (Å²) in [6.07, 6.45) is 8.18. The van der Waals surface area contributed by atoms with Crippen LogP contribution in [0.1, 0.15) is 44.3 Å². The van der Waals surface area contributed by atoms with Crippen LogP contribution in [-0.2, 0) is 6.54 Å². The van der Waals surface area contributed by atoms with Crippen molar-refractivity contribution >= 4 is 21.6 Å². The molecular weight excluding hydrogens is 354 g/mol. The summed E-state index contributed by atoms with van der Waals surface area (Å²) in [5, 5.41) is 2.80. The first-order valence-electron chi connectivity index (χ1n) is 10.2. The molecule has 1 aromatic carbocycles. The van der Waals surface area contributed by atoms with Crippen LogP contribution in [-0.4, -0.2) is 22.6 Å². The van der Waals surface area contributed by atoms with Crippen LogP contribution in [0.2, 0.25) is 0 Å². The van der Waals surface area contributed by atoms with E-state index in [4.69, 9.17) is 4.98 Å². The topological polar surface area (TPSA) is 50.2 Å². The van der Waals surface area contributed by atoms with Gasteiger partial charge in [-0.25, -0.2) is 4.98 Å². The summed E-state index contributed by atoms with van der Waals surface area (Å²) >= 11 is 1.58. The minimum atomic E-state index is 0.00621. The third-order valence-corrected chi connectivity index (χ3v) is 7.35. The average molecular weight is 381 g/mol. The van der Waals surface area contributed by atoms with Gasteiger partial charge in [0, 0.05) is 16.9 Å². The average Bonchev–Trinajstić information content (AvgIpc) is 3.14. The van der Waals surface area contributed by atoms with Crippen LogP contribution >= 0.6 is 11.3 Å². The van der Waals surface area contributed by atoms with Crippen LogP contribution in [0.3, 0.4) is 0 Å². The Balaban J connectivity index is 1.46. The monoisotopic (exact) mass is 380 g/mol. The van der Waals surface area contributed by atoms with E-state index in [2.05, 4.69) is 22.5 Å². The number of benzene rings is 1. The summed E-state index contributed by atoms with van der Waals surface area (Å²) in [4.78, 5) is 23.3. The molecule has 1 saturated heterocycles. The molecule has 0 bridgehead atoms. The number of nitrogens with one attached hydrogen (secondary N) is 2. The Morgan fingerprint density at radius 3 is 2.81 bits per heavy atom. The zero-order chi connectivity index (χ0) is 18.2. The highest BCUT2D eigenvalue weighted by atomic mass is 32.1. The minimum absolute atomic E-state index is 0.00621. The predicted octanol–water partition coefficient (Wildman–Crippen LogP) is 3.39. The lowest BCUT2D eigenvalue weighted by Crippen LogP contribution is -3.16. The molecule has 3 heterocycles. The van der Waals surface area contributed by atoms with E-state index in [9.17, 15) is 4.79 Å². The Kier molecular flexibility index (Phi) is 4.58. The number of quaternary nitrogens is 1. The lowest BCUT2D eigenvalue weighted by atomic mass is 9.78. The number of rotatable bonds is 3. The maximum Gasteiger partial charge on any atom is 0.260 e. The van der Waals surface area contributed by atoms with Gasteiger partial charge in [-0.2, -0.15) is 0 Å². The number of hydrogen-bond acceptors (Lipinski definition) is 3. The van der Waals surface area contributed by atoms with Crippen LogP contribution < -0.4 is 10.5 Å². The first kappa shape index (κ1) is 17.1. The molecule has 2 aromatic heterocycles. The predicted molar refractivity (Wildman–Crippen MR) is 110 cm³/mol. The van der Waals surface area contributed by atoms with Crippen molar-refractivity contribution in [1.29, 1.82) is 0 Å². The van der Waals surface area contributed by atoms with E-state index in [1.165, 1.54) is 45.1 Å². The van der Waals surface area contributed by atoms with Gasteiger partial charge in [-0.1, -0.05) is 36.8 Å². The van der Waals surface area contributed by atoms with Crippen molar-refractivity contribution in [3.8, 4) is 11.1 Å². The van der Waals surface area contributed by atoms with Gasteiger partial charge in [0.05, 0.1) is 18.0 Å². The number of thiophene rings is 1. The molecule has 5 rings (SSSR count). The molecular formula is C22H26N3OS+. The Labute approximate surface area is 163 Å². The van der Waals surface area contributed by atoms with E-state index in [0.29, 0.717) is 0 Å². The molecule has 2 N–H and O–H groups in total. The zero-order valence-electron chi connectivity index (χ0n) is 15.5. The maximum absolute atomic E-state index is 12.9. The second-order valence-electron chi connectivity index (χ2n) is 8.09. The minimum Gasteiger partial charge on any atom is -0.326 e. The number of fused-ring (bicyclic) bond motifs is 2. The molecule has 27 heavy (non-hydrogen) atoms. The SMILES string of the molecule is O=c1[nH]c(C[NH+]2CCC[C@H]3CCCC[C@@H]32)nc2scc(-c3ccccc3)c12. The molecule has 3 aromatic rings. The Morgan fingerprint density at radius 1 is 1.11 bits per heavy atom. The van der Waals surface area contributed by atoms with E-state index in [-0.39, 0.29) is 5.56 Å². The van der Waals surface area contributed by atoms with Gasteiger partial charge in [0.1, 0.15) is 11.4 Å². The van der Waals surface area contributed by atoms with Gasteiger partial charge >= 0.3 is 0 Å². The number of hydrogen-bond donors (Lipinski definition) is 2. The highest BCUT2D eigenvalue weighted by Gasteiger charge is 2.36. The van der Waals surface area contributed by atoms with Crippen molar-refractivity contribution in [2.24, 2.45) is 5.92 Å². The fourth-order valence-corrected chi connectivity index (χ4v) is 6.18. The summed E-state index contributed by atoms with van der Waals surface area (Å²) < 4.78 is 0. The molecule has 4 nitrogen and oxygen atoms in total. The second-order valence-corrected chi connectivity index (χ2v) is 8.94. The van der Waals surface area contributed by atoms with Crippen LogP contribution in [0.5, 0.6) is 0 Å². The summed E-state index contributed by atoms with van der Waals surface area (Å²) in [6, 6.07) is 10.9. The maximum atomic E-state index is 12.9. The highest BCUT2D eigenvalue weighted by Crippen LogP contribution is 2.31. The van der Waals surface area contributed by atoms with Crippen LogP contribution in [0.4, 0.5) is 0 Å². The molecule has 2 fully saturated rings. The Morgan fingerprint density at radius 2 is 1.93 bits per heavy atom. The van der Waals surface area contributed by atoms with Crippen LogP contribution in [0.25, 0.3) is 21.3 Å². The highest BCUT2D eigenvalue weighted by molar-refractivity contribution is 7.17. The van der Waals surface area contributed by atoms with Gasteiger partial charge in [0.2, 0.25) is 0 Å². The number of H-pyrrole nitrogens is 1.